The van der Waals surface area contributed by atoms with E-state index in [0.717, 1.165) is 57.8 Å². The van der Waals surface area contributed by atoms with Gasteiger partial charge in [-0.3, -0.25) is 9.78 Å². The van der Waals surface area contributed by atoms with Crippen molar-refractivity contribution in [2.75, 3.05) is 6.61 Å². The Morgan fingerprint density at radius 1 is 1.17 bits per heavy atom. The van der Waals surface area contributed by atoms with Crippen molar-refractivity contribution in [1.82, 2.24) is 4.98 Å². The molecule has 0 radical (unpaired) electrons. The summed E-state index contributed by atoms with van der Waals surface area (Å²) in [6.45, 7) is 1.91. The highest BCUT2D eigenvalue weighted by Crippen LogP contribution is 2.48. The Labute approximate surface area is 210 Å². The second-order valence-electron chi connectivity index (χ2n) is 9.71. The fraction of sp³-hybridized carbons (Fsp3) is 0.333. The molecule has 186 valence electrons. The van der Waals surface area contributed by atoms with E-state index in [1.807, 2.05) is 30.3 Å². The van der Waals surface area contributed by atoms with Crippen LogP contribution >= 0.6 is 0 Å². The van der Waals surface area contributed by atoms with E-state index in [1.165, 1.54) is 19.1 Å². The van der Waals surface area contributed by atoms with Gasteiger partial charge in [0.25, 0.3) is 0 Å². The molecular formula is C30H30FNO4. The lowest BCUT2D eigenvalue weighted by Gasteiger charge is -2.20. The molecule has 6 heteroatoms. The highest BCUT2D eigenvalue weighted by Gasteiger charge is 2.32. The third kappa shape index (κ3) is 5.25. The van der Waals surface area contributed by atoms with Crippen LogP contribution < -0.4 is 4.74 Å². The maximum Gasteiger partial charge on any atom is 0.132 e. The summed E-state index contributed by atoms with van der Waals surface area (Å²) in [5.41, 5.74) is 6.57. The van der Waals surface area contributed by atoms with Gasteiger partial charge in [-0.25, -0.2) is 4.39 Å². The van der Waals surface area contributed by atoms with Crippen LogP contribution in [0.15, 0.2) is 54.6 Å². The second-order valence-corrected chi connectivity index (χ2v) is 9.71. The van der Waals surface area contributed by atoms with Gasteiger partial charge >= 0.3 is 0 Å². The van der Waals surface area contributed by atoms with Crippen LogP contribution in [0.5, 0.6) is 5.75 Å². The number of para-hydroxylation sites is 1. The summed E-state index contributed by atoms with van der Waals surface area (Å²) in [6, 6.07) is 14.4. The molecule has 2 aliphatic rings. The van der Waals surface area contributed by atoms with Gasteiger partial charge in [0.15, 0.2) is 0 Å². The Morgan fingerprint density at radius 3 is 2.64 bits per heavy atom. The van der Waals surface area contributed by atoms with Gasteiger partial charge < -0.3 is 14.9 Å². The van der Waals surface area contributed by atoms with Gasteiger partial charge in [-0.1, -0.05) is 36.4 Å². The number of carbonyl (C=O) groups is 1. The molecule has 0 saturated heterocycles. The molecule has 5 rings (SSSR count). The SMILES string of the molecule is CC(=O)C[C@H](O)C[C@H](O)/C=C/c1c(C2CC2)nc2c(c1-c1ccc(F)cc1)CCOc1ccccc1-2. The molecule has 1 aliphatic carbocycles. The van der Waals surface area contributed by atoms with Crippen molar-refractivity contribution in [1.29, 1.82) is 0 Å². The predicted molar refractivity (Wildman–Crippen MR) is 137 cm³/mol. The van der Waals surface area contributed by atoms with E-state index in [0.29, 0.717) is 18.9 Å². The first-order chi connectivity index (χ1) is 17.4. The van der Waals surface area contributed by atoms with Crippen LogP contribution in [0.3, 0.4) is 0 Å². The monoisotopic (exact) mass is 487 g/mol. The number of aliphatic hydroxyl groups excluding tert-OH is 2. The number of carbonyl (C=O) groups excluding carboxylic acids is 1. The van der Waals surface area contributed by atoms with Gasteiger partial charge in [0.2, 0.25) is 0 Å². The summed E-state index contributed by atoms with van der Waals surface area (Å²) in [7, 11) is 0. The maximum absolute atomic E-state index is 13.9. The van der Waals surface area contributed by atoms with Crippen LogP contribution in [0.25, 0.3) is 28.5 Å². The lowest BCUT2D eigenvalue weighted by Crippen LogP contribution is -2.18. The Morgan fingerprint density at radius 2 is 1.92 bits per heavy atom. The zero-order valence-electron chi connectivity index (χ0n) is 20.3. The molecular weight excluding hydrogens is 457 g/mol. The number of hydrogen-bond acceptors (Lipinski definition) is 5. The lowest BCUT2D eigenvalue weighted by atomic mass is 9.87. The predicted octanol–water partition coefficient (Wildman–Crippen LogP) is 5.47. The van der Waals surface area contributed by atoms with Crippen LogP contribution in [-0.4, -0.2) is 39.8 Å². The first kappa shape index (κ1) is 24.3. The van der Waals surface area contributed by atoms with Gasteiger partial charge in [-0.15, -0.1) is 0 Å². The van der Waals surface area contributed by atoms with Gasteiger partial charge in [0, 0.05) is 36.3 Å². The molecule has 0 amide bonds. The molecule has 5 nitrogen and oxygen atoms in total. The van der Waals surface area contributed by atoms with Crippen molar-refractivity contribution in [2.45, 2.75) is 57.2 Å². The van der Waals surface area contributed by atoms with Crippen molar-refractivity contribution < 1.29 is 24.1 Å². The van der Waals surface area contributed by atoms with Crippen molar-refractivity contribution in [3.05, 3.63) is 77.2 Å². The lowest BCUT2D eigenvalue weighted by molar-refractivity contribution is -0.119. The van der Waals surface area contributed by atoms with Crippen LogP contribution in [-0.2, 0) is 11.2 Å². The van der Waals surface area contributed by atoms with E-state index in [2.05, 4.69) is 0 Å². The van der Waals surface area contributed by atoms with E-state index in [-0.39, 0.29) is 24.4 Å². The van der Waals surface area contributed by atoms with Crippen molar-refractivity contribution in [3.63, 3.8) is 0 Å². The van der Waals surface area contributed by atoms with E-state index in [1.54, 1.807) is 18.2 Å². The molecule has 1 aromatic heterocycles. The number of fused-ring (bicyclic) bond motifs is 3. The van der Waals surface area contributed by atoms with Crippen LogP contribution in [0.1, 0.15) is 55.3 Å². The minimum absolute atomic E-state index is 0.0128. The van der Waals surface area contributed by atoms with Gasteiger partial charge in [-0.05, 0) is 60.7 Å². The highest BCUT2D eigenvalue weighted by molar-refractivity contribution is 5.86. The topological polar surface area (TPSA) is 79.7 Å². The van der Waals surface area contributed by atoms with Gasteiger partial charge in [0.05, 0.1) is 30.2 Å². The molecule has 0 spiro atoms. The molecule has 0 unspecified atom stereocenters. The third-order valence-corrected chi connectivity index (χ3v) is 6.74. The molecule has 2 aromatic carbocycles. The molecule has 3 aromatic rings. The number of halogens is 1. The molecule has 36 heavy (non-hydrogen) atoms. The third-order valence-electron chi connectivity index (χ3n) is 6.74. The number of ether oxygens (including phenoxy) is 1. The number of rotatable bonds is 8. The zero-order valence-corrected chi connectivity index (χ0v) is 20.3. The molecule has 2 N–H and O–H groups in total. The fourth-order valence-corrected chi connectivity index (χ4v) is 4.94. The van der Waals surface area contributed by atoms with E-state index in [4.69, 9.17) is 9.72 Å². The summed E-state index contributed by atoms with van der Waals surface area (Å²) in [5, 5.41) is 20.7. The molecule has 0 bridgehead atoms. The molecule has 1 fully saturated rings. The standard InChI is InChI=1S/C30H30FNO4/c1-18(33)16-23(35)17-22(34)12-13-25-28(19-8-10-21(31)11-9-19)26-14-15-36-27-5-3-2-4-24(27)30(26)32-29(25)20-6-7-20/h2-5,8-13,20,22-23,34-35H,6-7,14-17H2,1H3/b13-12+/t22-,23+/m1/s1. The van der Waals surface area contributed by atoms with Crippen molar-refractivity contribution in [2.24, 2.45) is 0 Å². The minimum Gasteiger partial charge on any atom is -0.493 e. The largest absolute Gasteiger partial charge is 0.493 e. The number of aromatic nitrogens is 1. The van der Waals surface area contributed by atoms with E-state index >= 15 is 0 Å². The summed E-state index contributed by atoms with van der Waals surface area (Å²) in [5.74, 6) is 0.687. The van der Waals surface area contributed by atoms with Crippen molar-refractivity contribution >= 4 is 11.9 Å². The summed E-state index contributed by atoms with van der Waals surface area (Å²) in [6.07, 6.45) is 4.50. The molecule has 2 heterocycles. The fourth-order valence-electron chi connectivity index (χ4n) is 4.94. The Bertz CT molecular complexity index is 1300. The van der Waals surface area contributed by atoms with Crippen LogP contribution in [0, 0.1) is 5.82 Å². The average molecular weight is 488 g/mol. The Kier molecular flexibility index (Phi) is 6.99. The summed E-state index contributed by atoms with van der Waals surface area (Å²) >= 11 is 0. The smallest absolute Gasteiger partial charge is 0.132 e. The number of Topliss-reactive ketones (excluding diaryl/α,β-unsaturated/α-hetero) is 1. The van der Waals surface area contributed by atoms with E-state index in [9.17, 15) is 19.4 Å². The first-order valence-electron chi connectivity index (χ1n) is 12.5. The van der Waals surface area contributed by atoms with Crippen molar-refractivity contribution in [3.8, 4) is 28.1 Å². The number of hydrogen-bond donors (Lipinski definition) is 2. The Hall–Kier alpha value is -3.35. The second kappa shape index (κ2) is 10.3. The maximum atomic E-state index is 13.9. The minimum atomic E-state index is -0.921. The Balaban J connectivity index is 1.66. The number of nitrogens with zero attached hydrogens (tertiary/aromatic N) is 1. The normalized spacial score (nSPS) is 16.6. The number of aliphatic hydroxyl groups is 2. The zero-order chi connectivity index (χ0) is 25.2. The highest BCUT2D eigenvalue weighted by atomic mass is 19.1. The van der Waals surface area contributed by atoms with Crippen LogP contribution in [0.2, 0.25) is 0 Å². The molecule has 2 atom stereocenters. The quantitative estimate of drug-likeness (QED) is 0.440. The van der Waals surface area contributed by atoms with Gasteiger partial charge in [0.1, 0.15) is 17.3 Å². The summed E-state index contributed by atoms with van der Waals surface area (Å²) in [4.78, 5) is 16.5. The first-order valence-corrected chi connectivity index (χ1v) is 12.5. The number of benzene rings is 2. The molecule has 1 saturated carbocycles. The van der Waals surface area contributed by atoms with Gasteiger partial charge in [-0.2, -0.15) is 0 Å². The average Bonchev–Trinajstić information content (AvgIpc) is 3.69. The summed E-state index contributed by atoms with van der Waals surface area (Å²) < 4.78 is 19.9. The molecule has 1 aliphatic heterocycles. The van der Waals surface area contributed by atoms with Crippen LogP contribution in [0.4, 0.5) is 4.39 Å². The number of ketones is 1. The number of pyridine rings is 1. The van der Waals surface area contributed by atoms with E-state index < -0.39 is 12.2 Å².